The molecule has 0 bridgehead atoms. The van der Waals surface area contributed by atoms with Crippen LogP contribution in [0.25, 0.3) is 16.2 Å². The molecular weight excluding hydrogens is 316 g/mol. The number of hydrogen-bond acceptors (Lipinski definition) is 6. The lowest BCUT2D eigenvalue weighted by molar-refractivity contribution is -0.384. The number of hydrogen-bond donors (Lipinski definition) is 0. The summed E-state index contributed by atoms with van der Waals surface area (Å²) in [5.41, 5.74) is 0.824. The van der Waals surface area contributed by atoms with Crippen LogP contribution in [0.5, 0.6) is 0 Å². The van der Waals surface area contributed by atoms with Crippen LogP contribution in [0, 0.1) is 17.0 Å². The number of rotatable bonds is 3. The Morgan fingerprint density at radius 1 is 1.48 bits per heavy atom. The lowest BCUT2D eigenvalue weighted by Gasteiger charge is -2.00. The molecule has 0 aliphatic carbocycles. The molecule has 0 spiro atoms. The van der Waals surface area contributed by atoms with E-state index in [4.69, 9.17) is 11.6 Å². The number of aryl methyl sites for hydroxylation is 1. The van der Waals surface area contributed by atoms with Crippen LogP contribution in [-0.2, 0) is 0 Å². The normalized spacial score (nSPS) is 11.0. The summed E-state index contributed by atoms with van der Waals surface area (Å²) in [5, 5.41) is 15.9. The van der Waals surface area contributed by atoms with Crippen LogP contribution in [0.15, 0.2) is 18.2 Å². The van der Waals surface area contributed by atoms with Gasteiger partial charge >= 0.3 is 0 Å². The van der Waals surface area contributed by atoms with Crippen LogP contribution < -0.4 is 0 Å². The van der Waals surface area contributed by atoms with E-state index in [2.05, 4.69) is 10.1 Å². The summed E-state index contributed by atoms with van der Waals surface area (Å²) in [7, 11) is 0. The van der Waals surface area contributed by atoms with Gasteiger partial charge in [-0.05, 0) is 13.0 Å². The molecule has 0 fully saturated rings. The van der Waals surface area contributed by atoms with Crippen molar-refractivity contribution in [3.8, 4) is 11.3 Å². The lowest BCUT2D eigenvalue weighted by Crippen LogP contribution is -1.95. The second kappa shape index (κ2) is 4.90. The summed E-state index contributed by atoms with van der Waals surface area (Å²) in [6.07, 6.45) is 0.634. The molecule has 7 nitrogen and oxygen atoms in total. The number of nitro benzene ring substituents is 1. The second-order valence-electron chi connectivity index (χ2n) is 4.20. The van der Waals surface area contributed by atoms with Crippen molar-refractivity contribution < 1.29 is 9.72 Å². The third kappa shape index (κ3) is 2.18. The number of fused-ring (bicyclic) bond motifs is 1. The summed E-state index contributed by atoms with van der Waals surface area (Å²) in [6.45, 7) is 1.81. The molecule has 0 saturated carbocycles. The lowest BCUT2D eigenvalue weighted by atomic mass is 10.1. The number of aromatic nitrogens is 3. The van der Waals surface area contributed by atoms with E-state index in [1.165, 1.54) is 28.0 Å². The number of carbonyl (C=O) groups excluding carboxylic acids is 1. The number of nitro groups is 1. The molecular formula is C12H7ClN4O3S. The fourth-order valence-corrected chi connectivity index (χ4v) is 2.91. The highest BCUT2D eigenvalue weighted by Gasteiger charge is 2.20. The molecule has 0 saturated heterocycles. The predicted molar refractivity (Wildman–Crippen MR) is 78.1 cm³/mol. The van der Waals surface area contributed by atoms with Gasteiger partial charge in [0, 0.05) is 11.6 Å². The number of imidazole rings is 1. The summed E-state index contributed by atoms with van der Waals surface area (Å²) in [4.78, 5) is 26.6. The van der Waals surface area contributed by atoms with E-state index < -0.39 is 4.92 Å². The van der Waals surface area contributed by atoms with Gasteiger partial charge < -0.3 is 0 Å². The third-order valence-electron chi connectivity index (χ3n) is 2.87. The zero-order valence-corrected chi connectivity index (χ0v) is 12.2. The average Bonchev–Trinajstić information content (AvgIpc) is 2.94. The highest BCUT2D eigenvalue weighted by Crippen LogP contribution is 2.32. The fraction of sp³-hybridized carbons (Fsp3) is 0.0833. The molecule has 3 aromatic rings. The first-order chi connectivity index (χ1) is 10.0. The maximum atomic E-state index is 11.3. The maximum Gasteiger partial charge on any atom is 0.288 e. The molecule has 0 aliphatic heterocycles. The molecule has 1 aromatic carbocycles. The monoisotopic (exact) mass is 322 g/mol. The van der Waals surface area contributed by atoms with E-state index in [9.17, 15) is 14.9 Å². The van der Waals surface area contributed by atoms with Crippen LogP contribution >= 0.6 is 22.9 Å². The first kappa shape index (κ1) is 13.7. The minimum atomic E-state index is -0.576. The Balaban J connectivity index is 2.25. The van der Waals surface area contributed by atoms with Gasteiger partial charge in [-0.1, -0.05) is 29.0 Å². The van der Waals surface area contributed by atoms with E-state index >= 15 is 0 Å². The molecule has 3 rings (SSSR count). The van der Waals surface area contributed by atoms with Crippen molar-refractivity contribution in [2.45, 2.75) is 6.92 Å². The third-order valence-corrected chi connectivity index (χ3v) is 4.01. The van der Waals surface area contributed by atoms with Crippen molar-refractivity contribution in [1.82, 2.24) is 14.6 Å². The van der Waals surface area contributed by atoms with Crippen molar-refractivity contribution in [2.75, 3.05) is 0 Å². The van der Waals surface area contributed by atoms with Gasteiger partial charge in [-0.25, -0.2) is 4.98 Å². The van der Waals surface area contributed by atoms with Gasteiger partial charge in [0.1, 0.15) is 21.4 Å². The quantitative estimate of drug-likeness (QED) is 0.419. The van der Waals surface area contributed by atoms with Crippen molar-refractivity contribution >= 4 is 39.9 Å². The molecule has 2 heterocycles. The Morgan fingerprint density at radius 2 is 2.24 bits per heavy atom. The summed E-state index contributed by atoms with van der Waals surface area (Å²) < 4.78 is 1.43. The van der Waals surface area contributed by atoms with Crippen LogP contribution in [0.3, 0.4) is 0 Å². The number of halogens is 1. The van der Waals surface area contributed by atoms with Gasteiger partial charge in [0.2, 0.25) is 4.96 Å². The van der Waals surface area contributed by atoms with Crippen molar-refractivity contribution in [3.05, 3.63) is 44.0 Å². The predicted octanol–water partition coefficient (Wildman–Crippen LogP) is 3.14. The summed E-state index contributed by atoms with van der Waals surface area (Å²) in [6, 6.07) is 4.30. The number of aldehydes is 1. The first-order valence-electron chi connectivity index (χ1n) is 5.77. The minimum absolute atomic E-state index is 0.0337. The number of carbonyl (C=O) groups is 1. The Hall–Kier alpha value is -2.32. The molecule has 9 heteroatoms. The van der Waals surface area contributed by atoms with Crippen molar-refractivity contribution in [1.29, 1.82) is 0 Å². The molecule has 0 aliphatic rings. The van der Waals surface area contributed by atoms with Crippen LogP contribution in [0.4, 0.5) is 5.69 Å². The first-order valence-corrected chi connectivity index (χ1v) is 6.96. The van der Waals surface area contributed by atoms with E-state index in [-0.39, 0.29) is 16.4 Å². The van der Waals surface area contributed by atoms with Gasteiger partial charge in [0.05, 0.1) is 4.92 Å². The number of nitrogens with zero attached hydrogens (tertiary/aromatic N) is 4. The molecule has 0 unspecified atom stereocenters. The Labute approximate surface area is 127 Å². The zero-order valence-electron chi connectivity index (χ0n) is 10.6. The van der Waals surface area contributed by atoms with Crippen molar-refractivity contribution in [2.24, 2.45) is 0 Å². The minimum Gasteiger partial charge on any atom is -0.296 e. The summed E-state index contributed by atoms with van der Waals surface area (Å²) in [5.74, 6) is 0. The van der Waals surface area contributed by atoms with Crippen LogP contribution in [-0.4, -0.2) is 25.8 Å². The van der Waals surface area contributed by atoms with Gasteiger partial charge in [-0.2, -0.15) is 9.61 Å². The molecule has 0 radical (unpaired) electrons. The average molecular weight is 323 g/mol. The molecule has 0 atom stereocenters. The summed E-state index contributed by atoms with van der Waals surface area (Å²) >= 11 is 7.12. The van der Waals surface area contributed by atoms with Crippen LogP contribution in [0.1, 0.15) is 15.5 Å². The van der Waals surface area contributed by atoms with Gasteiger partial charge in [-0.15, -0.1) is 0 Å². The molecule has 106 valence electrons. The maximum absolute atomic E-state index is 11.3. The van der Waals surface area contributed by atoms with Gasteiger partial charge in [0.25, 0.3) is 5.69 Å². The standard InChI is InChI=1S/C12H7ClN4O3S/c1-6-15-16-10(5-18)11(14-12(16)21-6)7-2-3-8(13)9(4-7)17(19)20/h2-5H,1H3. The number of benzene rings is 1. The van der Waals surface area contributed by atoms with Crippen LogP contribution in [0.2, 0.25) is 5.02 Å². The Kier molecular flexibility index (Phi) is 3.19. The van der Waals surface area contributed by atoms with E-state index in [0.29, 0.717) is 22.5 Å². The molecule has 0 N–H and O–H groups in total. The molecule has 21 heavy (non-hydrogen) atoms. The Bertz CT molecular complexity index is 886. The van der Waals surface area contributed by atoms with E-state index in [0.717, 1.165) is 5.01 Å². The highest BCUT2D eigenvalue weighted by molar-refractivity contribution is 7.16. The smallest absolute Gasteiger partial charge is 0.288 e. The van der Waals surface area contributed by atoms with E-state index in [1.54, 1.807) is 13.0 Å². The van der Waals surface area contributed by atoms with Crippen molar-refractivity contribution in [3.63, 3.8) is 0 Å². The zero-order chi connectivity index (χ0) is 15.1. The van der Waals surface area contributed by atoms with E-state index in [1.807, 2.05) is 0 Å². The fourth-order valence-electron chi connectivity index (χ4n) is 1.98. The van der Waals surface area contributed by atoms with Gasteiger partial charge in [0.15, 0.2) is 6.29 Å². The largest absolute Gasteiger partial charge is 0.296 e. The molecule has 0 amide bonds. The van der Waals surface area contributed by atoms with Gasteiger partial charge in [-0.3, -0.25) is 14.9 Å². The topological polar surface area (TPSA) is 90.4 Å². The SMILES string of the molecule is Cc1nn2c(C=O)c(-c3ccc(Cl)c([N+](=O)[O-])c3)nc2s1. The Morgan fingerprint density at radius 3 is 2.90 bits per heavy atom. The molecule has 2 aromatic heterocycles. The highest BCUT2D eigenvalue weighted by atomic mass is 35.5. The second-order valence-corrected chi connectivity index (χ2v) is 5.77.